The molecular weight excluding hydrogens is 393 g/mol. The molecule has 0 aliphatic heterocycles. The van der Waals surface area contributed by atoms with Crippen LogP contribution in [0, 0.1) is 0 Å². The molecule has 0 aliphatic carbocycles. The van der Waals surface area contributed by atoms with Crippen LogP contribution in [-0.4, -0.2) is 15.9 Å². The SMILES string of the molecule is O=C(NC(Nc1ccc(Cl)c(Cl)c1)C(Cl)(Cl)Cl)c1ccco1. The number of furan rings is 1. The first-order chi connectivity index (χ1) is 10.3. The number of anilines is 1. The minimum Gasteiger partial charge on any atom is -0.459 e. The van der Waals surface area contributed by atoms with Crippen molar-refractivity contribution in [2.24, 2.45) is 0 Å². The van der Waals surface area contributed by atoms with Gasteiger partial charge in [-0.1, -0.05) is 58.0 Å². The first-order valence-electron chi connectivity index (χ1n) is 5.90. The largest absolute Gasteiger partial charge is 0.459 e. The molecule has 1 amide bonds. The molecular formula is C13H9Cl5N2O2. The Morgan fingerprint density at radius 1 is 1.14 bits per heavy atom. The zero-order valence-corrected chi connectivity index (χ0v) is 14.5. The van der Waals surface area contributed by atoms with Gasteiger partial charge in [0.25, 0.3) is 5.91 Å². The molecule has 2 rings (SSSR count). The molecule has 1 aromatic heterocycles. The predicted molar refractivity (Wildman–Crippen MR) is 90.3 cm³/mol. The van der Waals surface area contributed by atoms with Gasteiger partial charge in [0.2, 0.25) is 3.79 Å². The Bertz CT molecular complexity index is 655. The third kappa shape index (κ3) is 4.61. The van der Waals surface area contributed by atoms with Crippen LogP contribution in [0.5, 0.6) is 0 Å². The highest BCUT2D eigenvalue weighted by Gasteiger charge is 2.34. The van der Waals surface area contributed by atoms with E-state index in [2.05, 4.69) is 10.6 Å². The second-order valence-electron chi connectivity index (χ2n) is 4.20. The maximum Gasteiger partial charge on any atom is 0.288 e. The molecule has 2 N–H and O–H groups in total. The summed E-state index contributed by atoms with van der Waals surface area (Å²) < 4.78 is 3.18. The topological polar surface area (TPSA) is 54.3 Å². The van der Waals surface area contributed by atoms with E-state index in [1.807, 2.05) is 0 Å². The van der Waals surface area contributed by atoms with E-state index < -0.39 is 15.9 Å². The van der Waals surface area contributed by atoms with Gasteiger partial charge in [0, 0.05) is 5.69 Å². The van der Waals surface area contributed by atoms with Crippen LogP contribution in [0.4, 0.5) is 5.69 Å². The number of benzene rings is 1. The van der Waals surface area contributed by atoms with Gasteiger partial charge in [-0.3, -0.25) is 4.79 Å². The van der Waals surface area contributed by atoms with E-state index in [-0.39, 0.29) is 5.76 Å². The van der Waals surface area contributed by atoms with Crippen molar-refractivity contribution in [2.75, 3.05) is 5.32 Å². The van der Waals surface area contributed by atoms with Gasteiger partial charge in [-0.15, -0.1) is 0 Å². The van der Waals surface area contributed by atoms with Crippen molar-refractivity contribution in [3.05, 3.63) is 52.4 Å². The number of carbonyl (C=O) groups is 1. The van der Waals surface area contributed by atoms with Crippen LogP contribution in [0.2, 0.25) is 10.0 Å². The number of carbonyl (C=O) groups excluding carboxylic acids is 1. The van der Waals surface area contributed by atoms with Crippen molar-refractivity contribution >= 4 is 69.6 Å². The molecule has 1 aromatic carbocycles. The fraction of sp³-hybridized carbons (Fsp3) is 0.154. The maximum absolute atomic E-state index is 12.0. The van der Waals surface area contributed by atoms with Crippen LogP contribution in [0.3, 0.4) is 0 Å². The highest BCUT2D eigenvalue weighted by atomic mass is 35.6. The summed E-state index contributed by atoms with van der Waals surface area (Å²) in [4.78, 5) is 12.0. The Balaban J connectivity index is 2.16. The van der Waals surface area contributed by atoms with Gasteiger partial charge in [-0.2, -0.15) is 0 Å². The first kappa shape index (κ1) is 17.6. The molecule has 0 radical (unpaired) electrons. The average molecular weight is 402 g/mol. The zero-order chi connectivity index (χ0) is 16.3. The van der Waals surface area contributed by atoms with E-state index >= 15 is 0 Å². The monoisotopic (exact) mass is 400 g/mol. The minimum absolute atomic E-state index is 0.0928. The fourth-order valence-corrected chi connectivity index (χ4v) is 2.19. The molecule has 22 heavy (non-hydrogen) atoms. The lowest BCUT2D eigenvalue weighted by Gasteiger charge is -2.27. The molecule has 0 fully saturated rings. The Morgan fingerprint density at radius 3 is 2.41 bits per heavy atom. The molecule has 0 saturated heterocycles. The van der Waals surface area contributed by atoms with Crippen LogP contribution < -0.4 is 10.6 Å². The number of amides is 1. The van der Waals surface area contributed by atoms with Crippen molar-refractivity contribution in [3.8, 4) is 0 Å². The second kappa shape index (κ2) is 7.20. The third-order valence-electron chi connectivity index (χ3n) is 2.58. The smallest absolute Gasteiger partial charge is 0.288 e. The summed E-state index contributed by atoms with van der Waals surface area (Å²) in [6.07, 6.45) is 0.346. The fourth-order valence-electron chi connectivity index (χ4n) is 1.56. The van der Waals surface area contributed by atoms with Gasteiger partial charge in [0.05, 0.1) is 16.3 Å². The summed E-state index contributed by atoms with van der Waals surface area (Å²) in [5.41, 5.74) is 0.519. The summed E-state index contributed by atoms with van der Waals surface area (Å²) in [5, 5.41) is 6.11. The number of alkyl halides is 3. The van der Waals surface area contributed by atoms with Crippen molar-refractivity contribution in [1.29, 1.82) is 0 Å². The quantitative estimate of drug-likeness (QED) is 0.551. The maximum atomic E-state index is 12.0. The van der Waals surface area contributed by atoms with E-state index in [0.717, 1.165) is 0 Å². The molecule has 0 spiro atoms. The van der Waals surface area contributed by atoms with Crippen molar-refractivity contribution in [1.82, 2.24) is 5.32 Å². The average Bonchev–Trinajstić information content (AvgIpc) is 2.95. The summed E-state index contributed by atoms with van der Waals surface area (Å²) >= 11 is 29.4. The Morgan fingerprint density at radius 2 is 1.86 bits per heavy atom. The lowest BCUT2D eigenvalue weighted by molar-refractivity contribution is 0.0914. The van der Waals surface area contributed by atoms with E-state index in [0.29, 0.717) is 15.7 Å². The van der Waals surface area contributed by atoms with Crippen molar-refractivity contribution in [3.63, 3.8) is 0 Å². The van der Waals surface area contributed by atoms with E-state index in [4.69, 9.17) is 62.4 Å². The van der Waals surface area contributed by atoms with Crippen LogP contribution >= 0.6 is 58.0 Å². The molecule has 118 valence electrons. The first-order valence-corrected chi connectivity index (χ1v) is 7.79. The highest BCUT2D eigenvalue weighted by molar-refractivity contribution is 6.68. The Labute approximate surface area is 151 Å². The standard InChI is InChI=1S/C13H9Cl5N2O2/c14-8-4-3-7(6-9(8)15)19-12(13(16,17)18)20-11(21)10-2-1-5-22-10/h1-6,12,19H,(H,20,21). The van der Waals surface area contributed by atoms with Gasteiger partial charge in [-0.25, -0.2) is 0 Å². The summed E-state index contributed by atoms with van der Waals surface area (Å²) in [6.45, 7) is 0. The number of hydrogen-bond acceptors (Lipinski definition) is 3. The number of halogens is 5. The van der Waals surface area contributed by atoms with Crippen LogP contribution in [0.25, 0.3) is 0 Å². The minimum atomic E-state index is -1.81. The number of nitrogens with one attached hydrogen (secondary N) is 2. The third-order valence-corrected chi connectivity index (χ3v) is 3.97. The van der Waals surface area contributed by atoms with E-state index in [1.165, 1.54) is 12.3 Å². The zero-order valence-electron chi connectivity index (χ0n) is 10.7. The molecule has 4 nitrogen and oxygen atoms in total. The summed E-state index contributed by atoms with van der Waals surface area (Å²) in [7, 11) is 0. The number of rotatable bonds is 4. The van der Waals surface area contributed by atoms with Gasteiger partial charge in [0.15, 0.2) is 5.76 Å². The summed E-state index contributed by atoms with van der Waals surface area (Å²) in [5.74, 6) is -0.441. The lowest BCUT2D eigenvalue weighted by atomic mass is 10.3. The molecule has 0 saturated carbocycles. The Hall–Kier alpha value is -0.780. The van der Waals surface area contributed by atoms with Gasteiger partial charge in [0.1, 0.15) is 6.17 Å². The predicted octanol–water partition coefficient (Wildman–Crippen LogP) is 5.12. The molecule has 1 unspecified atom stereocenters. The van der Waals surface area contributed by atoms with E-state index in [9.17, 15) is 4.79 Å². The van der Waals surface area contributed by atoms with Crippen LogP contribution in [0.1, 0.15) is 10.6 Å². The molecule has 0 aliphatic rings. The van der Waals surface area contributed by atoms with Gasteiger partial charge < -0.3 is 15.1 Å². The highest BCUT2D eigenvalue weighted by Crippen LogP contribution is 2.32. The summed E-state index contributed by atoms with van der Waals surface area (Å²) in [6, 6.07) is 7.83. The van der Waals surface area contributed by atoms with Crippen LogP contribution in [-0.2, 0) is 0 Å². The normalized spacial score (nSPS) is 12.8. The van der Waals surface area contributed by atoms with Crippen LogP contribution in [0.15, 0.2) is 41.0 Å². The van der Waals surface area contributed by atoms with Crippen molar-refractivity contribution < 1.29 is 9.21 Å². The van der Waals surface area contributed by atoms with E-state index in [1.54, 1.807) is 24.3 Å². The van der Waals surface area contributed by atoms with Gasteiger partial charge >= 0.3 is 0 Å². The number of hydrogen-bond donors (Lipinski definition) is 2. The Kier molecular flexibility index (Phi) is 5.75. The van der Waals surface area contributed by atoms with Gasteiger partial charge in [-0.05, 0) is 30.3 Å². The molecule has 9 heteroatoms. The van der Waals surface area contributed by atoms with Crippen molar-refractivity contribution in [2.45, 2.75) is 9.96 Å². The lowest BCUT2D eigenvalue weighted by Crippen LogP contribution is -2.49. The molecule has 1 atom stereocenters. The molecule has 1 heterocycles. The second-order valence-corrected chi connectivity index (χ2v) is 7.38. The molecule has 2 aromatic rings. The molecule has 0 bridgehead atoms.